The van der Waals surface area contributed by atoms with Crippen molar-refractivity contribution in [2.75, 3.05) is 16.9 Å². The number of non-ortho nitro benzene ring substituents is 1. The highest BCUT2D eigenvalue weighted by Gasteiger charge is 2.35. The molecule has 3 rings (SSSR count). The van der Waals surface area contributed by atoms with Gasteiger partial charge in [-0.15, -0.1) is 0 Å². The lowest BCUT2D eigenvalue weighted by molar-refractivity contribution is -0.384. The van der Waals surface area contributed by atoms with Crippen LogP contribution in [-0.4, -0.2) is 23.2 Å². The molecular weight excluding hydrogens is 376 g/mol. The summed E-state index contributed by atoms with van der Waals surface area (Å²) < 4.78 is 0. The summed E-state index contributed by atoms with van der Waals surface area (Å²) in [4.78, 5) is 12.7. The van der Waals surface area contributed by atoms with Crippen LogP contribution < -0.4 is 10.3 Å². The van der Waals surface area contributed by atoms with Crippen molar-refractivity contribution in [3.63, 3.8) is 0 Å². The molecule has 0 aromatic heterocycles. The van der Waals surface area contributed by atoms with Crippen LogP contribution in [0.1, 0.15) is 51.2 Å². The monoisotopic (exact) mass is 400 g/mol. The number of anilines is 2. The zero-order valence-corrected chi connectivity index (χ0v) is 17.3. The van der Waals surface area contributed by atoms with Crippen LogP contribution in [-0.2, 0) is 0 Å². The quantitative estimate of drug-likeness (QED) is 0.390. The van der Waals surface area contributed by atoms with E-state index in [2.05, 4.69) is 49.2 Å². The Morgan fingerprint density at radius 3 is 2.64 bits per heavy atom. The van der Waals surface area contributed by atoms with E-state index in [-0.39, 0.29) is 11.2 Å². The Morgan fingerprint density at radius 1 is 1.36 bits per heavy atom. The zero-order valence-electron chi connectivity index (χ0n) is 16.6. The van der Waals surface area contributed by atoms with Gasteiger partial charge in [-0.1, -0.05) is 18.5 Å². The molecular formula is C21H25ClN4O2. The Bertz CT molecular complexity index is 909. The topological polar surface area (TPSA) is 70.8 Å². The maximum absolute atomic E-state index is 10.7. The van der Waals surface area contributed by atoms with Gasteiger partial charge in [-0.25, -0.2) is 0 Å². The number of halogens is 1. The summed E-state index contributed by atoms with van der Waals surface area (Å²) in [6.45, 7) is 9.88. The second kappa shape index (κ2) is 7.80. The van der Waals surface area contributed by atoms with Crippen molar-refractivity contribution >= 4 is 34.9 Å². The summed E-state index contributed by atoms with van der Waals surface area (Å²) in [7, 11) is 0. The fraction of sp³-hybridized carbons (Fsp3) is 0.381. The SMILES string of the molecule is CCN1c2cc(Cl)c(/C=N\Nc3ccc([N+](=O)[O-])cc3)cc2C(C)CC1(C)C. The molecule has 0 spiro atoms. The summed E-state index contributed by atoms with van der Waals surface area (Å²) in [6.07, 6.45) is 2.76. The average Bonchev–Trinajstić information content (AvgIpc) is 2.62. The van der Waals surface area contributed by atoms with Gasteiger partial charge in [0.1, 0.15) is 0 Å². The molecule has 1 aliphatic rings. The molecule has 0 aliphatic carbocycles. The molecule has 0 saturated carbocycles. The summed E-state index contributed by atoms with van der Waals surface area (Å²) >= 11 is 6.54. The number of hydrogen-bond acceptors (Lipinski definition) is 5. The smallest absolute Gasteiger partial charge is 0.269 e. The predicted octanol–water partition coefficient (Wildman–Crippen LogP) is 5.81. The minimum atomic E-state index is -0.429. The van der Waals surface area contributed by atoms with E-state index in [9.17, 15) is 10.1 Å². The van der Waals surface area contributed by atoms with E-state index in [4.69, 9.17) is 11.6 Å². The number of hydrogen-bond donors (Lipinski definition) is 1. The third-order valence-electron chi connectivity index (χ3n) is 5.30. The second-order valence-electron chi connectivity index (χ2n) is 7.77. The lowest BCUT2D eigenvalue weighted by Gasteiger charge is -2.47. The Balaban J connectivity index is 1.83. The Labute approximate surface area is 170 Å². The summed E-state index contributed by atoms with van der Waals surface area (Å²) in [5.41, 5.74) is 7.02. The zero-order chi connectivity index (χ0) is 20.5. The molecule has 7 heteroatoms. The molecule has 0 fully saturated rings. The first-order chi connectivity index (χ1) is 13.2. The third-order valence-corrected chi connectivity index (χ3v) is 5.62. The molecule has 28 heavy (non-hydrogen) atoms. The van der Waals surface area contributed by atoms with Crippen LogP contribution >= 0.6 is 11.6 Å². The van der Waals surface area contributed by atoms with Gasteiger partial charge in [0.05, 0.1) is 21.8 Å². The minimum absolute atomic E-state index is 0.0460. The van der Waals surface area contributed by atoms with Gasteiger partial charge in [0.2, 0.25) is 0 Å². The van der Waals surface area contributed by atoms with E-state index < -0.39 is 4.92 Å². The first kappa shape index (κ1) is 20.1. The van der Waals surface area contributed by atoms with Gasteiger partial charge in [0.25, 0.3) is 5.69 Å². The van der Waals surface area contributed by atoms with Crippen LogP contribution in [0.15, 0.2) is 41.5 Å². The van der Waals surface area contributed by atoms with E-state index in [1.807, 2.05) is 6.07 Å². The highest BCUT2D eigenvalue weighted by atomic mass is 35.5. The van der Waals surface area contributed by atoms with Crippen LogP contribution in [0.5, 0.6) is 0 Å². The van der Waals surface area contributed by atoms with E-state index in [1.54, 1.807) is 18.3 Å². The Kier molecular flexibility index (Phi) is 5.61. The van der Waals surface area contributed by atoms with Crippen molar-refractivity contribution in [3.05, 3.63) is 62.7 Å². The normalized spacial score (nSPS) is 18.2. The first-order valence-electron chi connectivity index (χ1n) is 9.37. The number of nitrogens with zero attached hydrogens (tertiary/aromatic N) is 3. The number of nitrogens with one attached hydrogen (secondary N) is 1. The molecule has 2 aromatic rings. The first-order valence-corrected chi connectivity index (χ1v) is 9.75. The fourth-order valence-electron chi connectivity index (χ4n) is 4.05. The molecule has 0 saturated heterocycles. The molecule has 6 nitrogen and oxygen atoms in total. The molecule has 0 bridgehead atoms. The predicted molar refractivity (Wildman–Crippen MR) is 116 cm³/mol. The highest BCUT2D eigenvalue weighted by Crippen LogP contribution is 2.44. The van der Waals surface area contributed by atoms with Crippen molar-refractivity contribution in [2.45, 2.75) is 45.6 Å². The molecule has 0 radical (unpaired) electrons. The highest BCUT2D eigenvalue weighted by molar-refractivity contribution is 6.33. The number of benzene rings is 2. The minimum Gasteiger partial charge on any atom is -0.366 e. The molecule has 1 aliphatic heterocycles. The number of rotatable bonds is 5. The van der Waals surface area contributed by atoms with Crippen LogP contribution in [0.2, 0.25) is 5.02 Å². The molecule has 2 aromatic carbocycles. The van der Waals surface area contributed by atoms with Crippen LogP contribution in [0.3, 0.4) is 0 Å². The van der Waals surface area contributed by atoms with E-state index in [1.165, 1.54) is 23.4 Å². The maximum atomic E-state index is 10.7. The molecule has 148 valence electrons. The molecule has 1 atom stereocenters. The van der Waals surface area contributed by atoms with Gasteiger partial charge in [0, 0.05) is 35.5 Å². The average molecular weight is 401 g/mol. The van der Waals surface area contributed by atoms with Gasteiger partial charge in [-0.05, 0) is 62.9 Å². The van der Waals surface area contributed by atoms with Crippen LogP contribution in [0.25, 0.3) is 0 Å². The van der Waals surface area contributed by atoms with Crippen LogP contribution in [0.4, 0.5) is 17.1 Å². The van der Waals surface area contributed by atoms with Crippen molar-refractivity contribution in [3.8, 4) is 0 Å². The van der Waals surface area contributed by atoms with E-state index in [0.29, 0.717) is 16.6 Å². The lowest BCUT2D eigenvalue weighted by atomic mass is 9.79. The van der Waals surface area contributed by atoms with Crippen molar-refractivity contribution < 1.29 is 4.92 Å². The number of nitro benzene ring substituents is 1. The standard InChI is InChI=1S/C21H25ClN4O2/c1-5-25-20-11-19(22)15(10-18(20)14(2)12-21(25,3)4)13-23-24-16-6-8-17(9-7-16)26(27)28/h6-11,13-14,24H,5,12H2,1-4H3/b23-13-. The molecule has 1 unspecified atom stereocenters. The largest absolute Gasteiger partial charge is 0.366 e. The van der Waals surface area contributed by atoms with Gasteiger partial charge in [-0.3, -0.25) is 15.5 Å². The number of hydrazone groups is 1. The van der Waals surface area contributed by atoms with Crippen LogP contribution in [0, 0.1) is 10.1 Å². The summed E-state index contributed by atoms with van der Waals surface area (Å²) in [6, 6.07) is 10.3. The van der Waals surface area contributed by atoms with Crippen molar-refractivity contribution in [1.82, 2.24) is 0 Å². The number of nitro groups is 1. The molecule has 0 amide bonds. The Hall–Kier alpha value is -2.60. The Morgan fingerprint density at radius 2 is 2.04 bits per heavy atom. The van der Waals surface area contributed by atoms with Crippen molar-refractivity contribution in [1.29, 1.82) is 0 Å². The summed E-state index contributed by atoms with van der Waals surface area (Å²) in [5, 5.41) is 15.6. The number of fused-ring (bicyclic) bond motifs is 1. The van der Waals surface area contributed by atoms with E-state index in [0.717, 1.165) is 18.5 Å². The van der Waals surface area contributed by atoms with Gasteiger partial charge in [0.15, 0.2) is 0 Å². The third kappa shape index (κ3) is 3.97. The second-order valence-corrected chi connectivity index (χ2v) is 8.18. The lowest BCUT2D eigenvalue weighted by Crippen LogP contribution is -2.48. The van der Waals surface area contributed by atoms with E-state index >= 15 is 0 Å². The van der Waals surface area contributed by atoms with Crippen molar-refractivity contribution in [2.24, 2.45) is 5.10 Å². The molecule has 1 N–H and O–H groups in total. The maximum Gasteiger partial charge on any atom is 0.269 e. The van der Waals surface area contributed by atoms with Gasteiger partial charge < -0.3 is 4.90 Å². The van der Waals surface area contributed by atoms with Gasteiger partial charge >= 0.3 is 0 Å². The van der Waals surface area contributed by atoms with Gasteiger partial charge in [-0.2, -0.15) is 5.10 Å². The summed E-state index contributed by atoms with van der Waals surface area (Å²) in [5.74, 6) is 0.430. The molecule has 1 heterocycles. The fourth-order valence-corrected chi connectivity index (χ4v) is 4.26.